The Bertz CT molecular complexity index is 1500. The number of rotatable bonds is 2. The van der Waals surface area contributed by atoms with Gasteiger partial charge in [-0.15, -0.1) is 22.7 Å². The number of amidine groups is 1. The first-order valence-electron chi connectivity index (χ1n) is 12.5. The van der Waals surface area contributed by atoms with Gasteiger partial charge >= 0.3 is 0 Å². The van der Waals surface area contributed by atoms with Gasteiger partial charge < -0.3 is 26.2 Å². The second-order valence-corrected chi connectivity index (χ2v) is 11.9. The van der Waals surface area contributed by atoms with Crippen molar-refractivity contribution >= 4 is 66.9 Å². The lowest BCUT2D eigenvalue weighted by atomic mass is 10.2. The van der Waals surface area contributed by atoms with Gasteiger partial charge in [0.05, 0.1) is 39.9 Å². The van der Waals surface area contributed by atoms with E-state index in [0.29, 0.717) is 11.4 Å². The molecule has 0 atom stereocenters. The molecule has 1 saturated heterocycles. The highest BCUT2D eigenvalue weighted by Crippen LogP contribution is 2.39. The van der Waals surface area contributed by atoms with Crippen molar-refractivity contribution in [1.82, 2.24) is 9.80 Å². The fraction of sp³-hybridized carbons (Fsp3) is 0.241. The number of anilines is 5. The molecular weight excluding hydrogens is 511 g/mol. The summed E-state index contributed by atoms with van der Waals surface area (Å²) in [5.41, 5.74) is 11.4. The zero-order chi connectivity index (χ0) is 26.6. The molecule has 38 heavy (non-hydrogen) atoms. The summed E-state index contributed by atoms with van der Waals surface area (Å²) in [6.45, 7) is 15.5. The van der Waals surface area contributed by atoms with Gasteiger partial charge in [0.25, 0.3) is 0 Å². The first kappa shape index (κ1) is 25.8. The predicted molar refractivity (Wildman–Crippen MR) is 164 cm³/mol. The van der Waals surface area contributed by atoms with Crippen molar-refractivity contribution in [2.45, 2.75) is 13.8 Å². The van der Waals surface area contributed by atoms with E-state index in [1.807, 2.05) is 37.3 Å². The summed E-state index contributed by atoms with van der Waals surface area (Å²) in [5, 5.41) is 8.82. The molecule has 1 fully saturated rings. The van der Waals surface area contributed by atoms with Gasteiger partial charge in [0.1, 0.15) is 10.8 Å². The predicted octanol–water partition coefficient (Wildman–Crippen LogP) is 7.37. The highest BCUT2D eigenvalue weighted by Gasteiger charge is 2.25. The maximum atomic E-state index is 7.08. The number of hydrogen-bond donors (Lipinski definition) is 3. The molecule has 2 aliphatic rings. The molecule has 0 unspecified atom stereocenters. The van der Waals surface area contributed by atoms with Crippen LogP contribution in [0.1, 0.15) is 15.3 Å². The van der Waals surface area contributed by atoms with Gasteiger partial charge in [-0.1, -0.05) is 24.3 Å². The monoisotopic (exact) mass is 541 g/mol. The quantitative estimate of drug-likeness (QED) is 0.182. The molecule has 0 saturated carbocycles. The molecule has 0 spiro atoms. The van der Waals surface area contributed by atoms with E-state index in [9.17, 15) is 0 Å². The van der Waals surface area contributed by atoms with E-state index in [2.05, 4.69) is 69.6 Å². The van der Waals surface area contributed by atoms with Crippen molar-refractivity contribution in [2.24, 2.45) is 4.99 Å². The maximum absolute atomic E-state index is 7.08. The third-order valence-electron chi connectivity index (χ3n) is 6.44. The Morgan fingerprint density at radius 1 is 0.974 bits per heavy atom. The lowest BCUT2D eigenvalue weighted by Crippen LogP contribution is -2.47. The standard InChI is InChI=1S/C17H20N4S.C12H11N3S/c1-12-11-13-16(21-9-7-20(2)8-10-21)18-14-5-3-4-6-15(14)19-17(13)22-12;1-8-7-11(14-2)12(16-8)15-10-6-4-3-5-9(10)13/h3-6,11,19H,7-10H2,1-2H3;3-7,15H,13H2,1H3. The van der Waals surface area contributed by atoms with Crippen molar-refractivity contribution in [3.05, 3.63) is 87.4 Å². The Hall–Kier alpha value is -3.84. The number of nitrogens with one attached hydrogen (secondary N) is 2. The number of aliphatic imine (C=N–C) groups is 1. The minimum atomic E-state index is 0.644. The molecule has 0 radical (unpaired) electrons. The van der Waals surface area contributed by atoms with Crippen LogP contribution in [0.4, 0.5) is 38.4 Å². The Morgan fingerprint density at radius 3 is 2.45 bits per heavy atom. The van der Waals surface area contributed by atoms with Crippen LogP contribution in [0.3, 0.4) is 0 Å². The Morgan fingerprint density at radius 2 is 1.68 bits per heavy atom. The second kappa shape index (κ2) is 11.3. The van der Waals surface area contributed by atoms with Crippen LogP contribution in [0.2, 0.25) is 0 Å². The summed E-state index contributed by atoms with van der Waals surface area (Å²) in [5.74, 6) is 1.12. The van der Waals surface area contributed by atoms with Crippen LogP contribution in [0.5, 0.6) is 0 Å². The largest absolute Gasteiger partial charge is 0.397 e. The van der Waals surface area contributed by atoms with Gasteiger partial charge in [0, 0.05) is 31.1 Å². The number of benzene rings is 2. The third-order valence-corrected chi connectivity index (χ3v) is 8.36. The number of nitrogens with two attached hydrogens (primary N) is 1. The molecule has 6 rings (SSSR count). The van der Waals surface area contributed by atoms with Gasteiger partial charge in [-0.2, -0.15) is 0 Å². The number of aryl methyl sites for hydroxylation is 2. The van der Waals surface area contributed by atoms with Crippen molar-refractivity contribution in [1.29, 1.82) is 0 Å². The molecule has 0 aliphatic carbocycles. The number of para-hydroxylation sites is 4. The molecule has 2 aromatic carbocycles. The van der Waals surface area contributed by atoms with Crippen LogP contribution in [0.15, 0.2) is 65.7 Å². The van der Waals surface area contributed by atoms with Crippen LogP contribution >= 0.6 is 22.7 Å². The number of nitrogen functional groups attached to an aromatic ring is 1. The first-order valence-corrected chi connectivity index (χ1v) is 14.1. The minimum Gasteiger partial charge on any atom is -0.397 e. The number of fused-ring (bicyclic) bond motifs is 2. The van der Waals surface area contributed by atoms with E-state index < -0.39 is 0 Å². The molecule has 4 aromatic rings. The Labute approximate surface area is 232 Å². The average Bonchev–Trinajstić information content (AvgIpc) is 3.42. The third kappa shape index (κ3) is 5.68. The number of likely N-dealkylation sites (N-methyl/N-ethyl adjacent to an activating group) is 1. The van der Waals surface area contributed by atoms with Crippen LogP contribution in [0.25, 0.3) is 4.85 Å². The topological polar surface area (TPSA) is 73.3 Å². The molecule has 4 heterocycles. The minimum absolute atomic E-state index is 0.644. The van der Waals surface area contributed by atoms with Crippen LogP contribution < -0.4 is 16.4 Å². The molecular formula is C29H31N7S2. The zero-order valence-corrected chi connectivity index (χ0v) is 23.4. The number of nitrogens with zero attached hydrogens (tertiary/aromatic N) is 4. The van der Waals surface area contributed by atoms with Gasteiger partial charge in [-0.05, 0) is 62.2 Å². The van der Waals surface area contributed by atoms with Crippen LogP contribution in [-0.2, 0) is 0 Å². The molecule has 9 heteroatoms. The van der Waals surface area contributed by atoms with E-state index in [-0.39, 0.29) is 0 Å². The van der Waals surface area contributed by atoms with Crippen molar-refractivity contribution < 1.29 is 0 Å². The summed E-state index contributed by atoms with van der Waals surface area (Å²) < 4.78 is 0. The normalized spacial score (nSPS) is 14.6. The zero-order valence-electron chi connectivity index (χ0n) is 21.8. The molecule has 194 valence electrons. The summed E-state index contributed by atoms with van der Waals surface area (Å²) in [4.78, 5) is 15.7. The van der Waals surface area contributed by atoms with Crippen molar-refractivity contribution in [3.8, 4) is 0 Å². The molecule has 4 N–H and O–H groups in total. The second-order valence-electron chi connectivity index (χ2n) is 9.36. The van der Waals surface area contributed by atoms with Gasteiger partial charge in [-0.25, -0.2) is 9.84 Å². The molecule has 2 aliphatic heterocycles. The fourth-order valence-electron chi connectivity index (χ4n) is 4.41. The van der Waals surface area contributed by atoms with E-state index >= 15 is 0 Å². The highest BCUT2D eigenvalue weighted by molar-refractivity contribution is 7.17. The summed E-state index contributed by atoms with van der Waals surface area (Å²) in [7, 11) is 2.18. The van der Waals surface area contributed by atoms with Gasteiger partial charge in [0.15, 0.2) is 0 Å². The summed E-state index contributed by atoms with van der Waals surface area (Å²) >= 11 is 3.37. The summed E-state index contributed by atoms with van der Waals surface area (Å²) in [6, 6.07) is 20.0. The van der Waals surface area contributed by atoms with E-state index in [1.54, 1.807) is 22.7 Å². The number of thiophene rings is 2. The molecule has 2 aromatic heterocycles. The molecule has 7 nitrogen and oxygen atoms in total. The van der Waals surface area contributed by atoms with Crippen molar-refractivity contribution in [2.75, 3.05) is 49.6 Å². The Balaban J connectivity index is 0.000000163. The lowest BCUT2D eigenvalue weighted by Gasteiger charge is -2.34. The number of hydrogen-bond acceptors (Lipinski definition) is 8. The van der Waals surface area contributed by atoms with E-state index in [1.165, 1.54) is 15.4 Å². The number of piperazine rings is 1. The van der Waals surface area contributed by atoms with Crippen molar-refractivity contribution in [3.63, 3.8) is 0 Å². The first-order chi connectivity index (χ1) is 18.4. The van der Waals surface area contributed by atoms with E-state index in [0.717, 1.165) is 59.0 Å². The molecule has 0 amide bonds. The highest BCUT2D eigenvalue weighted by atomic mass is 32.1. The van der Waals surface area contributed by atoms with Crippen LogP contribution in [0, 0.1) is 20.4 Å². The van der Waals surface area contributed by atoms with Gasteiger partial charge in [0.2, 0.25) is 5.69 Å². The van der Waals surface area contributed by atoms with E-state index in [4.69, 9.17) is 17.3 Å². The lowest BCUT2D eigenvalue weighted by molar-refractivity contribution is 0.216. The summed E-state index contributed by atoms with van der Waals surface area (Å²) in [6.07, 6.45) is 0. The SMILES string of the molecule is Cc1cc2c(s1)Nc1ccccc1N=C2N1CCN(C)CC1.[C-]#[N+]c1cc(C)sc1Nc1ccccc1N. The van der Waals surface area contributed by atoms with Gasteiger partial charge in [-0.3, -0.25) is 0 Å². The fourth-order valence-corrected chi connectivity index (χ4v) is 6.20. The smallest absolute Gasteiger partial charge is 0.220 e. The molecule has 0 bridgehead atoms. The average molecular weight is 542 g/mol. The maximum Gasteiger partial charge on any atom is 0.220 e. The van der Waals surface area contributed by atoms with Crippen LogP contribution in [-0.4, -0.2) is 48.9 Å². The Kier molecular flexibility index (Phi) is 7.65.